The van der Waals surface area contributed by atoms with Crippen molar-refractivity contribution >= 4 is 11.1 Å². The Morgan fingerprint density at radius 1 is 1.43 bits per heavy atom. The van der Waals surface area contributed by atoms with Gasteiger partial charge < -0.3 is 4.55 Å². The highest BCUT2D eigenvalue weighted by molar-refractivity contribution is 7.81. The van der Waals surface area contributed by atoms with Crippen molar-refractivity contribution in [2.75, 3.05) is 0 Å². The number of fused-ring (bicyclic) bond motifs is 1. The highest BCUT2D eigenvalue weighted by atomic mass is 32.2. The largest absolute Gasteiger partial charge is 0.772 e. The van der Waals surface area contributed by atoms with Crippen LogP contribution in [0.25, 0.3) is 0 Å². The molecule has 2 rings (SSSR count). The molecule has 82 valence electrons. The number of hydrogen-bond acceptors (Lipinski definition) is 2. The van der Waals surface area contributed by atoms with Crippen molar-refractivity contribution in [2.45, 2.75) is 36.6 Å². The summed E-state index contributed by atoms with van der Waals surface area (Å²) in [5, 5.41) is 0. The van der Waals surface area contributed by atoms with Crippen LogP contribution in [-0.4, -0.2) is 19.7 Å². The Labute approximate surface area is 82.2 Å². The van der Waals surface area contributed by atoms with Gasteiger partial charge in [-0.15, -0.1) is 0 Å². The molecule has 6 heteroatoms. The van der Waals surface area contributed by atoms with Crippen LogP contribution >= 0.6 is 0 Å². The van der Waals surface area contributed by atoms with Gasteiger partial charge in [-0.2, -0.15) is 13.2 Å². The van der Waals surface area contributed by atoms with E-state index in [0.29, 0.717) is 12.8 Å². The normalized spacial score (nSPS) is 44.3. The minimum atomic E-state index is -4.23. The van der Waals surface area contributed by atoms with Crippen LogP contribution in [0.15, 0.2) is 0 Å². The van der Waals surface area contributed by atoms with Gasteiger partial charge in [0.05, 0.1) is 5.92 Å². The number of halogens is 3. The van der Waals surface area contributed by atoms with E-state index in [0.717, 1.165) is 0 Å². The van der Waals surface area contributed by atoms with Gasteiger partial charge in [-0.1, -0.05) is 6.42 Å². The summed E-state index contributed by atoms with van der Waals surface area (Å²) in [7, 11) is 0. The van der Waals surface area contributed by atoms with E-state index in [4.69, 9.17) is 0 Å². The molecule has 2 aliphatic carbocycles. The first-order chi connectivity index (χ1) is 6.38. The van der Waals surface area contributed by atoms with E-state index in [2.05, 4.69) is 0 Å². The molecule has 2 nitrogen and oxygen atoms in total. The minimum Gasteiger partial charge on any atom is -0.772 e. The van der Waals surface area contributed by atoms with Crippen LogP contribution in [-0.2, 0) is 11.1 Å². The maximum Gasteiger partial charge on any atom is 0.392 e. The second kappa shape index (κ2) is 2.95. The van der Waals surface area contributed by atoms with Crippen LogP contribution < -0.4 is 0 Å². The number of rotatable bonds is 1. The molecule has 14 heavy (non-hydrogen) atoms. The van der Waals surface area contributed by atoms with Gasteiger partial charge in [0, 0.05) is 4.75 Å². The zero-order chi connectivity index (χ0) is 10.6. The van der Waals surface area contributed by atoms with Crippen LogP contribution in [0.5, 0.6) is 0 Å². The zero-order valence-corrected chi connectivity index (χ0v) is 8.16. The van der Waals surface area contributed by atoms with Crippen molar-refractivity contribution in [1.82, 2.24) is 0 Å². The third-order valence-electron chi connectivity index (χ3n) is 3.43. The minimum absolute atomic E-state index is 0.0904. The predicted octanol–water partition coefficient (Wildman–Crippen LogP) is 1.99. The van der Waals surface area contributed by atoms with E-state index in [1.54, 1.807) is 0 Å². The monoisotopic (exact) mass is 227 g/mol. The predicted molar refractivity (Wildman–Crippen MR) is 43.2 cm³/mol. The Morgan fingerprint density at radius 2 is 2.07 bits per heavy atom. The summed E-state index contributed by atoms with van der Waals surface area (Å²) in [5.41, 5.74) is 0. The van der Waals surface area contributed by atoms with Gasteiger partial charge >= 0.3 is 6.18 Å². The lowest BCUT2D eigenvalue weighted by Gasteiger charge is -2.31. The SMILES string of the molecule is O=S([O-])C12CCCC(C(F)(F)F)C1C2. The first-order valence-electron chi connectivity index (χ1n) is 4.54. The van der Waals surface area contributed by atoms with E-state index in [1.807, 2.05) is 0 Å². The third-order valence-corrected chi connectivity index (χ3v) is 4.77. The molecule has 4 unspecified atom stereocenters. The lowest BCUT2D eigenvalue weighted by atomic mass is 9.88. The van der Waals surface area contributed by atoms with Crippen molar-refractivity contribution in [2.24, 2.45) is 11.8 Å². The van der Waals surface area contributed by atoms with Crippen molar-refractivity contribution in [3.63, 3.8) is 0 Å². The van der Waals surface area contributed by atoms with Gasteiger partial charge in [-0.05, 0) is 36.3 Å². The zero-order valence-electron chi connectivity index (χ0n) is 7.34. The summed E-state index contributed by atoms with van der Waals surface area (Å²) in [4.78, 5) is 0. The molecule has 0 amide bonds. The molecule has 0 heterocycles. The summed E-state index contributed by atoms with van der Waals surface area (Å²) in [6, 6.07) is 0. The van der Waals surface area contributed by atoms with Crippen molar-refractivity contribution in [3.05, 3.63) is 0 Å². The Morgan fingerprint density at radius 3 is 2.57 bits per heavy atom. The van der Waals surface area contributed by atoms with Gasteiger partial charge in [0.1, 0.15) is 0 Å². The van der Waals surface area contributed by atoms with Crippen LogP contribution in [0.3, 0.4) is 0 Å². The van der Waals surface area contributed by atoms with E-state index in [9.17, 15) is 21.9 Å². The lowest BCUT2D eigenvalue weighted by Crippen LogP contribution is -2.34. The average molecular weight is 227 g/mol. The summed E-state index contributed by atoms with van der Waals surface area (Å²) in [5.74, 6) is -2.07. The molecule has 0 aliphatic heterocycles. The molecule has 0 aromatic heterocycles. The first kappa shape index (κ1) is 10.4. The summed E-state index contributed by atoms with van der Waals surface area (Å²) >= 11 is -2.35. The van der Waals surface area contributed by atoms with E-state index < -0.39 is 33.8 Å². The third kappa shape index (κ3) is 1.39. The van der Waals surface area contributed by atoms with Gasteiger partial charge in [0.2, 0.25) is 0 Å². The summed E-state index contributed by atoms with van der Waals surface area (Å²) in [6.45, 7) is 0. The molecule has 0 radical (unpaired) electrons. The Kier molecular flexibility index (Phi) is 2.19. The molecule has 2 saturated carbocycles. The first-order valence-corrected chi connectivity index (χ1v) is 5.61. The molecule has 0 N–H and O–H groups in total. The fraction of sp³-hybridized carbons (Fsp3) is 1.00. The van der Waals surface area contributed by atoms with E-state index >= 15 is 0 Å². The maximum absolute atomic E-state index is 12.5. The molecular weight excluding hydrogens is 217 g/mol. The Hall–Kier alpha value is -0.100. The van der Waals surface area contributed by atoms with Crippen LogP contribution in [0.4, 0.5) is 13.2 Å². The molecule has 0 spiro atoms. The Bertz CT molecular complexity index is 278. The fourth-order valence-electron chi connectivity index (χ4n) is 2.60. The van der Waals surface area contributed by atoms with Crippen LogP contribution in [0, 0.1) is 11.8 Å². The molecule has 0 aromatic carbocycles. The fourth-order valence-corrected chi connectivity index (χ4v) is 3.64. The molecule has 0 bridgehead atoms. The quantitative estimate of drug-likeness (QED) is 0.643. The molecule has 2 fully saturated rings. The summed E-state index contributed by atoms with van der Waals surface area (Å²) < 4.78 is 58.0. The number of hydrogen-bond donors (Lipinski definition) is 0. The average Bonchev–Trinajstić information content (AvgIpc) is 2.76. The maximum atomic E-state index is 12.5. The standard InChI is InChI=1S/C8H11F3O2S/c9-8(10,11)5-2-1-3-7(14(12)13)4-6(5)7/h5-6H,1-4H2,(H,12,13)/p-1. The topological polar surface area (TPSA) is 40.1 Å². The summed E-state index contributed by atoms with van der Waals surface area (Å²) in [6.07, 6.45) is -3.17. The van der Waals surface area contributed by atoms with E-state index in [-0.39, 0.29) is 12.8 Å². The van der Waals surface area contributed by atoms with Crippen molar-refractivity contribution in [3.8, 4) is 0 Å². The highest BCUT2D eigenvalue weighted by Crippen LogP contribution is 2.62. The second-order valence-electron chi connectivity index (χ2n) is 4.15. The van der Waals surface area contributed by atoms with E-state index in [1.165, 1.54) is 0 Å². The molecular formula is C8H10F3O2S-. The van der Waals surface area contributed by atoms with Crippen molar-refractivity contribution in [1.29, 1.82) is 0 Å². The molecule has 2 aliphatic rings. The van der Waals surface area contributed by atoms with Crippen LogP contribution in [0.1, 0.15) is 25.7 Å². The van der Waals surface area contributed by atoms with Crippen molar-refractivity contribution < 1.29 is 21.9 Å². The molecule has 0 saturated heterocycles. The smallest absolute Gasteiger partial charge is 0.392 e. The van der Waals surface area contributed by atoms with Gasteiger partial charge in [-0.25, -0.2) is 0 Å². The lowest BCUT2D eigenvalue weighted by molar-refractivity contribution is -0.185. The Balaban J connectivity index is 2.16. The molecule has 0 aromatic rings. The highest BCUT2D eigenvalue weighted by Gasteiger charge is 2.65. The van der Waals surface area contributed by atoms with Gasteiger partial charge in [0.25, 0.3) is 0 Å². The number of alkyl halides is 3. The molecule has 4 atom stereocenters. The van der Waals surface area contributed by atoms with Gasteiger partial charge in [0.15, 0.2) is 0 Å². The van der Waals surface area contributed by atoms with Gasteiger partial charge in [-0.3, -0.25) is 4.21 Å². The van der Waals surface area contributed by atoms with Crippen LogP contribution in [0.2, 0.25) is 0 Å². The second-order valence-corrected chi connectivity index (χ2v) is 5.43.